The maximum absolute atomic E-state index is 13.0. The van der Waals surface area contributed by atoms with Gasteiger partial charge >= 0.3 is 5.97 Å². The zero-order valence-corrected chi connectivity index (χ0v) is 22.3. The van der Waals surface area contributed by atoms with E-state index in [2.05, 4.69) is 25.9 Å². The number of aromatic nitrogens is 2. The molecular weight excluding hydrogens is 506 g/mol. The Labute approximate surface area is 224 Å². The van der Waals surface area contributed by atoms with Crippen LogP contribution in [0.25, 0.3) is 0 Å². The number of hydrogen-bond acceptors (Lipinski definition) is 10. The van der Waals surface area contributed by atoms with Gasteiger partial charge in [-0.2, -0.15) is 0 Å². The molecule has 1 atom stereocenters. The van der Waals surface area contributed by atoms with Gasteiger partial charge in [0.2, 0.25) is 5.95 Å². The first-order chi connectivity index (χ1) is 18.2. The number of methoxy groups -OCH3 is 1. The normalized spacial score (nSPS) is 11.3. The summed E-state index contributed by atoms with van der Waals surface area (Å²) in [6.07, 6.45) is 2.81. The van der Waals surface area contributed by atoms with Crippen molar-refractivity contribution in [3.8, 4) is 0 Å². The number of hydrogen-bond donors (Lipinski definition) is 5. The van der Waals surface area contributed by atoms with Gasteiger partial charge < -0.3 is 31.8 Å². The molecule has 11 nitrogen and oxygen atoms in total. The lowest BCUT2D eigenvalue weighted by molar-refractivity contribution is -0.142. The Kier molecular flexibility index (Phi) is 9.88. The van der Waals surface area contributed by atoms with Crippen molar-refractivity contribution >= 4 is 47.0 Å². The molecule has 0 spiro atoms. The van der Waals surface area contributed by atoms with Gasteiger partial charge in [0.25, 0.3) is 11.8 Å². The number of aryl methyl sites for hydroxylation is 3. The number of thiophene rings is 1. The van der Waals surface area contributed by atoms with Crippen molar-refractivity contribution in [1.82, 2.24) is 20.6 Å². The quantitative estimate of drug-likeness (QED) is 0.101. The molecule has 1 aromatic carbocycles. The molecule has 0 aliphatic carbocycles. The number of ether oxygens (including phenoxy) is 1. The number of anilines is 2. The summed E-state index contributed by atoms with van der Waals surface area (Å²) in [4.78, 5) is 46.8. The van der Waals surface area contributed by atoms with E-state index in [0.717, 1.165) is 18.4 Å². The average Bonchev–Trinajstić information content (AvgIpc) is 3.43. The molecule has 0 saturated carbocycles. The third-order valence-electron chi connectivity index (χ3n) is 5.73. The molecule has 0 aliphatic heterocycles. The minimum absolute atomic E-state index is 0.135. The van der Waals surface area contributed by atoms with E-state index >= 15 is 0 Å². The topological polar surface area (TPSA) is 172 Å². The van der Waals surface area contributed by atoms with Crippen molar-refractivity contribution in [2.45, 2.75) is 32.7 Å². The summed E-state index contributed by atoms with van der Waals surface area (Å²) in [5.41, 5.74) is 9.41. The first kappa shape index (κ1) is 28.3. The monoisotopic (exact) mass is 537 g/mol. The number of nitrogen functional groups attached to an aromatic ring is 1. The van der Waals surface area contributed by atoms with Crippen LogP contribution in [0.2, 0.25) is 0 Å². The number of benzene rings is 1. The molecule has 2 aromatic heterocycles. The largest absolute Gasteiger partial charge is 0.467 e. The highest BCUT2D eigenvalue weighted by atomic mass is 32.1. The second kappa shape index (κ2) is 13.3. The van der Waals surface area contributed by atoms with Crippen LogP contribution >= 0.6 is 11.3 Å². The fourth-order valence-electron chi connectivity index (χ4n) is 3.78. The van der Waals surface area contributed by atoms with Crippen LogP contribution in [-0.4, -0.2) is 60.2 Å². The van der Waals surface area contributed by atoms with Crippen LogP contribution in [0, 0.1) is 19.3 Å². The van der Waals surface area contributed by atoms with E-state index in [4.69, 9.17) is 15.9 Å². The van der Waals surface area contributed by atoms with E-state index in [-0.39, 0.29) is 18.0 Å². The predicted molar refractivity (Wildman–Crippen MR) is 147 cm³/mol. The third-order valence-corrected chi connectivity index (χ3v) is 6.60. The zero-order chi connectivity index (χ0) is 27.7. The maximum Gasteiger partial charge on any atom is 0.330 e. The molecule has 2 heterocycles. The van der Waals surface area contributed by atoms with Crippen molar-refractivity contribution in [3.05, 3.63) is 68.7 Å². The summed E-state index contributed by atoms with van der Waals surface area (Å²) in [5, 5.41) is 17.5. The number of nitrogens with one attached hydrogen (secondary N) is 4. The Hall–Kier alpha value is -4.32. The molecule has 2 amide bonds. The lowest BCUT2D eigenvalue weighted by atomic mass is 10.1. The number of amides is 2. The molecule has 200 valence electrons. The first-order valence-corrected chi connectivity index (χ1v) is 12.8. The Bertz CT molecular complexity index is 1290. The van der Waals surface area contributed by atoms with E-state index in [1.807, 2.05) is 18.2 Å². The standard InChI is InChI=1S/C26H31N7O4S/c1-15-22(24(35)33-20(25(36)37-3)14-30-23(34)21-7-5-11-38-21)16(2)32-26(31-15)29-10-4-6-17-8-9-18(13-27)19(28)12-17/h5,7-9,11-13,20,27H,4,6,10,14,28H2,1-3H3,(H,30,34)(H,33,35)(H,29,31,32). The molecular formula is C26H31N7O4S. The summed E-state index contributed by atoms with van der Waals surface area (Å²) in [7, 11) is 1.21. The molecule has 1 unspecified atom stereocenters. The fourth-order valence-corrected chi connectivity index (χ4v) is 4.42. The molecule has 3 aromatic rings. The smallest absolute Gasteiger partial charge is 0.330 e. The maximum atomic E-state index is 13.0. The number of rotatable bonds is 12. The molecule has 0 saturated heterocycles. The Morgan fingerprint density at radius 2 is 1.89 bits per heavy atom. The van der Waals surface area contributed by atoms with Gasteiger partial charge in [0.15, 0.2) is 0 Å². The molecule has 0 fully saturated rings. The zero-order valence-electron chi connectivity index (χ0n) is 21.5. The van der Waals surface area contributed by atoms with E-state index in [1.165, 1.54) is 24.7 Å². The van der Waals surface area contributed by atoms with Gasteiger partial charge in [0, 0.05) is 30.6 Å². The van der Waals surface area contributed by atoms with Crippen molar-refractivity contribution in [2.75, 3.05) is 31.2 Å². The molecule has 3 rings (SSSR count). The third kappa shape index (κ3) is 7.35. The number of esters is 1. The molecule has 38 heavy (non-hydrogen) atoms. The second-order valence-corrected chi connectivity index (χ2v) is 9.42. The van der Waals surface area contributed by atoms with Gasteiger partial charge in [0.1, 0.15) is 6.04 Å². The predicted octanol–water partition coefficient (Wildman–Crippen LogP) is 2.48. The molecule has 6 N–H and O–H groups in total. The minimum atomic E-state index is -1.09. The first-order valence-electron chi connectivity index (χ1n) is 11.9. The molecule has 0 radical (unpaired) electrons. The van der Waals surface area contributed by atoms with Gasteiger partial charge in [-0.3, -0.25) is 9.59 Å². The van der Waals surface area contributed by atoms with Crippen LogP contribution in [0.1, 0.15) is 49.0 Å². The lowest BCUT2D eigenvalue weighted by Crippen LogP contribution is -2.49. The summed E-state index contributed by atoms with van der Waals surface area (Å²) >= 11 is 1.27. The molecule has 12 heteroatoms. The van der Waals surface area contributed by atoms with Crippen molar-refractivity contribution in [2.24, 2.45) is 0 Å². The number of nitrogens with zero attached hydrogens (tertiary/aromatic N) is 2. The summed E-state index contributed by atoms with van der Waals surface area (Å²) in [6, 6.07) is 7.97. The van der Waals surface area contributed by atoms with Crippen molar-refractivity contribution < 1.29 is 19.1 Å². The highest BCUT2D eigenvalue weighted by Gasteiger charge is 2.25. The van der Waals surface area contributed by atoms with E-state index in [9.17, 15) is 14.4 Å². The second-order valence-electron chi connectivity index (χ2n) is 8.47. The van der Waals surface area contributed by atoms with Crippen molar-refractivity contribution in [3.63, 3.8) is 0 Å². The van der Waals surface area contributed by atoms with Gasteiger partial charge in [-0.25, -0.2) is 14.8 Å². The lowest BCUT2D eigenvalue weighted by Gasteiger charge is -2.18. The van der Waals surface area contributed by atoms with Crippen LogP contribution in [0.4, 0.5) is 11.6 Å². The molecule has 0 bridgehead atoms. The molecule has 0 aliphatic rings. The van der Waals surface area contributed by atoms with E-state index < -0.39 is 17.9 Å². The minimum Gasteiger partial charge on any atom is -0.467 e. The van der Waals surface area contributed by atoms with Gasteiger partial charge in [-0.05, 0) is 49.8 Å². The van der Waals surface area contributed by atoms with Crippen molar-refractivity contribution in [1.29, 1.82) is 5.41 Å². The summed E-state index contributed by atoms with van der Waals surface area (Å²) in [6.45, 7) is 3.84. The number of carbonyl (C=O) groups excluding carboxylic acids is 3. The van der Waals surface area contributed by atoms with Gasteiger partial charge in [-0.15, -0.1) is 11.3 Å². The summed E-state index contributed by atoms with van der Waals surface area (Å²) in [5.74, 6) is -1.18. The fraction of sp³-hybridized carbons (Fsp3) is 0.308. The van der Waals surface area contributed by atoms with Crippen LogP contribution in [0.3, 0.4) is 0 Å². The van der Waals surface area contributed by atoms with Crippen LogP contribution in [0.5, 0.6) is 0 Å². The number of nitrogens with two attached hydrogens (primary N) is 1. The Morgan fingerprint density at radius 3 is 2.50 bits per heavy atom. The summed E-state index contributed by atoms with van der Waals surface area (Å²) < 4.78 is 4.80. The van der Waals surface area contributed by atoms with Gasteiger partial charge in [-0.1, -0.05) is 18.2 Å². The van der Waals surface area contributed by atoms with Gasteiger partial charge in [0.05, 0.1) is 28.9 Å². The Morgan fingerprint density at radius 1 is 1.16 bits per heavy atom. The van der Waals surface area contributed by atoms with Crippen LogP contribution in [-0.2, 0) is 16.0 Å². The number of carbonyl (C=O) groups is 3. The van der Waals surface area contributed by atoms with Crippen LogP contribution < -0.4 is 21.7 Å². The average molecular weight is 538 g/mol. The highest BCUT2D eigenvalue weighted by Crippen LogP contribution is 2.16. The van der Waals surface area contributed by atoms with E-state index in [0.29, 0.717) is 40.0 Å². The Balaban J connectivity index is 1.58. The van der Waals surface area contributed by atoms with E-state index in [1.54, 1.807) is 31.4 Å². The highest BCUT2D eigenvalue weighted by molar-refractivity contribution is 7.12. The SMILES string of the molecule is COC(=O)C(CNC(=O)c1cccs1)NC(=O)c1c(C)nc(NCCCc2ccc(C=N)c(N)c2)nc1C. The van der Waals surface area contributed by atoms with Crippen LogP contribution in [0.15, 0.2) is 35.7 Å².